The largest absolute Gasteiger partial charge is 0.496 e. The number of aromatic nitrogens is 2. The molecule has 0 saturated carbocycles. The van der Waals surface area contributed by atoms with Gasteiger partial charge in [-0.3, -0.25) is 0 Å². The molecule has 0 spiro atoms. The fraction of sp³-hybridized carbons (Fsp3) is 0.476. The van der Waals surface area contributed by atoms with Crippen LogP contribution < -0.4 is 10.1 Å². The number of aryl methyl sites for hydroxylation is 1. The van der Waals surface area contributed by atoms with Gasteiger partial charge in [-0.2, -0.15) is 0 Å². The van der Waals surface area contributed by atoms with Gasteiger partial charge in [-0.1, -0.05) is 19.1 Å². The summed E-state index contributed by atoms with van der Waals surface area (Å²) in [7, 11) is 1.59. The number of carboxylic acid groups (broad SMARTS) is 1. The van der Waals surface area contributed by atoms with Gasteiger partial charge in [-0.25, -0.2) is 14.6 Å². The summed E-state index contributed by atoms with van der Waals surface area (Å²) in [6, 6.07) is 4.39. The number of rotatable bonds is 8. The highest BCUT2D eigenvalue weighted by Gasteiger charge is 2.24. The molecule has 2 N–H and O–H groups in total. The first-order valence-corrected chi connectivity index (χ1v) is 9.51. The molecule has 1 atom stereocenters. The normalized spacial score (nSPS) is 12.3. The zero-order chi connectivity index (χ0) is 21.6. The Hall–Kier alpha value is -3.03. The molecule has 0 aliphatic rings. The molecule has 8 heteroatoms. The van der Waals surface area contributed by atoms with Crippen molar-refractivity contribution in [2.24, 2.45) is 0 Å². The fourth-order valence-corrected chi connectivity index (χ4v) is 2.95. The molecule has 29 heavy (non-hydrogen) atoms. The van der Waals surface area contributed by atoms with Gasteiger partial charge < -0.3 is 24.5 Å². The van der Waals surface area contributed by atoms with Crippen molar-refractivity contribution >= 4 is 12.1 Å². The number of nitrogens with one attached hydrogen (secondary N) is 1. The summed E-state index contributed by atoms with van der Waals surface area (Å²) in [5.41, 5.74) is 0.962. The van der Waals surface area contributed by atoms with Crippen molar-refractivity contribution in [3.63, 3.8) is 0 Å². The van der Waals surface area contributed by atoms with Crippen LogP contribution in [0.15, 0.2) is 30.6 Å². The molecule has 1 aromatic carbocycles. The van der Waals surface area contributed by atoms with Crippen molar-refractivity contribution in [1.82, 2.24) is 14.9 Å². The van der Waals surface area contributed by atoms with Crippen LogP contribution in [-0.4, -0.2) is 45.5 Å². The quantitative estimate of drug-likeness (QED) is 0.702. The third-order valence-electron chi connectivity index (χ3n) is 4.23. The number of hydrogen-bond acceptors (Lipinski definition) is 5. The number of alkyl carbamates (subject to hydrolysis) is 1. The maximum Gasteiger partial charge on any atom is 0.408 e. The molecule has 0 radical (unpaired) electrons. The number of aliphatic carboxylic acids is 1. The van der Waals surface area contributed by atoms with Gasteiger partial charge in [-0.15, -0.1) is 0 Å². The molecular weight excluding hydrogens is 374 g/mol. The molecule has 2 rings (SSSR count). The van der Waals surface area contributed by atoms with Crippen LogP contribution >= 0.6 is 0 Å². The number of methoxy groups -OCH3 is 1. The van der Waals surface area contributed by atoms with E-state index in [2.05, 4.69) is 10.3 Å². The lowest BCUT2D eigenvalue weighted by Gasteiger charge is -2.22. The topological polar surface area (TPSA) is 103 Å². The van der Waals surface area contributed by atoms with Gasteiger partial charge in [0.25, 0.3) is 0 Å². The summed E-state index contributed by atoms with van der Waals surface area (Å²) in [5.74, 6) is 0.528. The Morgan fingerprint density at radius 1 is 1.31 bits per heavy atom. The van der Waals surface area contributed by atoms with Gasteiger partial charge in [0.15, 0.2) is 0 Å². The number of carboxylic acids is 1. The average molecular weight is 403 g/mol. The molecule has 0 saturated heterocycles. The number of amides is 1. The third-order valence-corrected chi connectivity index (χ3v) is 4.23. The smallest absolute Gasteiger partial charge is 0.408 e. The molecule has 0 bridgehead atoms. The van der Waals surface area contributed by atoms with Gasteiger partial charge >= 0.3 is 12.1 Å². The van der Waals surface area contributed by atoms with Crippen molar-refractivity contribution in [3.05, 3.63) is 47.5 Å². The Kier molecular flexibility index (Phi) is 7.25. The number of carbonyl (C=O) groups excluding carboxylic acids is 1. The Bertz CT molecular complexity index is 854. The molecule has 2 aromatic rings. The van der Waals surface area contributed by atoms with Crippen LogP contribution in [0.25, 0.3) is 0 Å². The first-order valence-electron chi connectivity index (χ1n) is 9.51. The Morgan fingerprint density at radius 3 is 2.62 bits per heavy atom. The summed E-state index contributed by atoms with van der Waals surface area (Å²) in [5, 5.41) is 11.9. The van der Waals surface area contributed by atoms with Crippen LogP contribution in [-0.2, 0) is 28.9 Å². The van der Waals surface area contributed by atoms with Crippen LogP contribution in [0.2, 0.25) is 0 Å². The van der Waals surface area contributed by atoms with Crippen molar-refractivity contribution in [2.75, 3.05) is 7.11 Å². The molecule has 1 aromatic heterocycles. The van der Waals surface area contributed by atoms with Gasteiger partial charge in [0.2, 0.25) is 0 Å². The monoisotopic (exact) mass is 403 g/mol. The molecular formula is C21H29N3O5. The van der Waals surface area contributed by atoms with E-state index in [4.69, 9.17) is 9.47 Å². The van der Waals surface area contributed by atoms with Crippen molar-refractivity contribution < 1.29 is 24.2 Å². The molecule has 0 aliphatic carbocycles. The summed E-state index contributed by atoms with van der Waals surface area (Å²) < 4.78 is 12.6. The Balaban J connectivity index is 2.20. The summed E-state index contributed by atoms with van der Waals surface area (Å²) in [6.07, 6.45) is 3.81. The number of benzene rings is 1. The second kappa shape index (κ2) is 9.45. The maximum absolute atomic E-state index is 12.0. The predicted octanol–water partition coefficient (Wildman–Crippen LogP) is 3.02. The summed E-state index contributed by atoms with van der Waals surface area (Å²) in [6.45, 7) is 7.75. The van der Waals surface area contributed by atoms with Gasteiger partial charge in [0.05, 0.1) is 13.7 Å². The number of ether oxygens (including phenoxy) is 2. The van der Waals surface area contributed by atoms with E-state index in [1.165, 1.54) is 0 Å². The van der Waals surface area contributed by atoms with E-state index in [9.17, 15) is 14.7 Å². The molecule has 1 amide bonds. The molecule has 158 valence electrons. The lowest BCUT2D eigenvalue weighted by Crippen LogP contribution is -2.44. The maximum atomic E-state index is 12.0. The molecule has 1 unspecified atom stereocenters. The zero-order valence-corrected chi connectivity index (χ0v) is 17.6. The first-order chi connectivity index (χ1) is 13.6. The van der Waals surface area contributed by atoms with E-state index in [0.717, 1.165) is 23.4 Å². The highest BCUT2D eigenvalue weighted by atomic mass is 16.6. The van der Waals surface area contributed by atoms with E-state index in [0.29, 0.717) is 12.3 Å². The number of imidazole rings is 1. The third kappa shape index (κ3) is 6.51. The van der Waals surface area contributed by atoms with Crippen molar-refractivity contribution in [1.29, 1.82) is 0 Å². The zero-order valence-electron chi connectivity index (χ0n) is 17.6. The van der Waals surface area contributed by atoms with Gasteiger partial charge in [-0.05, 0) is 32.4 Å². The Morgan fingerprint density at radius 2 is 2.03 bits per heavy atom. The van der Waals surface area contributed by atoms with Crippen LogP contribution in [0.3, 0.4) is 0 Å². The standard InChI is InChI=1S/C21H29N3O5/c1-6-18-22-9-10-24(18)13-15-11-14(7-8-17(15)28-5)12-16(19(25)26)23-20(27)29-21(2,3)4/h7-11,16H,6,12-13H2,1-5H3,(H,23,27)(H,25,26). The molecule has 1 heterocycles. The fourth-order valence-electron chi connectivity index (χ4n) is 2.95. The first kappa shape index (κ1) is 22.3. The second-order valence-electron chi connectivity index (χ2n) is 7.71. The van der Waals surface area contributed by atoms with Crippen LogP contribution in [0.5, 0.6) is 5.75 Å². The molecule has 0 fully saturated rings. The van der Waals surface area contributed by atoms with Gasteiger partial charge in [0, 0.05) is 30.8 Å². The predicted molar refractivity (Wildman–Crippen MR) is 108 cm³/mol. The SMILES string of the molecule is CCc1nccn1Cc1cc(CC(NC(=O)OC(C)(C)C)C(=O)O)ccc1OC. The van der Waals surface area contributed by atoms with Crippen LogP contribution in [0.4, 0.5) is 4.79 Å². The van der Waals surface area contributed by atoms with E-state index in [1.807, 2.05) is 23.8 Å². The van der Waals surface area contributed by atoms with E-state index < -0.39 is 23.7 Å². The minimum atomic E-state index is -1.13. The Labute approximate surface area is 170 Å². The van der Waals surface area contributed by atoms with E-state index >= 15 is 0 Å². The number of nitrogens with zero attached hydrogens (tertiary/aromatic N) is 2. The average Bonchev–Trinajstić information content (AvgIpc) is 3.07. The van der Waals surface area contributed by atoms with Crippen molar-refractivity contribution in [2.45, 2.75) is 58.7 Å². The van der Waals surface area contributed by atoms with E-state index in [-0.39, 0.29) is 6.42 Å². The van der Waals surface area contributed by atoms with Crippen LogP contribution in [0.1, 0.15) is 44.6 Å². The van der Waals surface area contributed by atoms with Crippen molar-refractivity contribution in [3.8, 4) is 5.75 Å². The molecule has 0 aliphatic heterocycles. The minimum Gasteiger partial charge on any atom is -0.496 e. The lowest BCUT2D eigenvalue weighted by atomic mass is 10.0. The summed E-state index contributed by atoms with van der Waals surface area (Å²) in [4.78, 5) is 28.0. The van der Waals surface area contributed by atoms with Crippen LogP contribution in [0, 0.1) is 0 Å². The van der Waals surface area contributed by atoms with E-state index in [1.54, 1.807) is 46.2 Å². The highest BCUT2D eigenvalue weighted by molar-refractivity contribution is 5.80. The number of carbonyl (C=O) groups is 2. The van der Waals surface area contributed by atoms with Gasteiger partial charge in [0.1, 0.15) is 23.2 Å². The minimum absolute atomic E-state index is 0.121. The number of hydrogen-bond donors (Lipinski definition) is 2. The summed E-state index contributed by atoms with van der Waals surface area (Å²) >= 11 is 0. The molecule has 8 nitrogen and oxygen atoms in total. The highest BCUT2D eigenvalue weighted by Crippen LogP contribution is 2.22. The second-order valence-corrected chi connectivity index (χ2v) is 7.71. The lowest BCUT2D eigenvalue weighted by molar-refractivity contribution is -0.139.